The Balaban J connectivity index is 1.33. The van der Waals surface area contributed by atoms with Crippen molar-refractivity contribution >= 4 is 0 Å². The van der Waals surface area contributed by atoms with E-state index in [1.165, 1.54) is 56.9 Å². The first-order valence-electron chi connectivity index (χ1n) is 10.7. The van der Waals surface area contributed by atoms with Crippen molar-refractivity contribution in [3.05, 3.63) is 35.9 Å². The Labute approximate surface area is 152 Å². The molecule has 0 saturated heterocycles. The number of benzene rings is 1. The summed E-state index contributed by atoms with van der Waals surface area (Å²) in [5, 5.41) is 14.7. The summed E-state index contributed by atoms with van der Waals surface area (Å²) in [5.41, 5.74) is 1.80. The predicted octanol–water partition coefficient (Wildman–Crippen LogP) is 4.63. The van der Waals surface area contributed by atoms with Crippen molar-refractivity contribution in [2.24, 2.45) is 17.8 Å². The second-order valence-electron chi connectivity index (χ2n) is 9.84. The van der Waals surface area contributed by atoms with Gasteiger partial charge in [0.05, 0.1) is 6.10 Å². The lowest BCUT2D eigenvalue weighted by molar-refractivity contribution is 0.0559. The van der Waals surface area contributed by atoms with E-state index in [1.54, 1.807) is 0 Å². The molecule has 25 heavy (non-hydrogen) atoms. The van der Waals surface area contributed by atoms with Crippen LogP contribution in [0.25, 0.3) is 0 Å². The van der Waals surface area contributed by atoms with Gasteiger partial charge in [0.15, 0.2) is 0 Å². The van der Waals surface area contributed by atoms with Gasteiger partial charge in [-0.2, -0.15) is 0 Å². The summed E-state index contributed by atoms with van der Waals surface area (Å²) in [6, 6.07) is 11.4. The molecule has 6 unspecified atom stereocenters. The van der Waals surface area contributed by atoms with E-state index in [1.807, 2.05) is 0 Å². The molecule has 2 nitrogen and oxygen atoms in total. The summed E-state index contributed by atoms with van der Waals surface area (Å²) in [6.45, 7) is 0. The molecule has 5 aliphatic rings. The molecule has 2 N–H and O–H groups in total. The van der Waals surface area contributed by atoms with Crippen molar-refractivity contribution < 1.29 is 5.11 Å². The first-order chi connectivity index (χ1) is 12.2. The second kappa shape index (κ2) is 6.39. The quantitative estimate of drug-likeness (QED) is 0.841. The number of aliphatic hydroxyl groups excluding tert-OH is 1. The maximum Gasteiger partial charge on any atom is 0.0561 e. The van der Waals surface area contributed by atoms with E-state index in [4.69, 9.17) is 0 Å². The maximum atomic E-state index is 10.5. The molecular weight excluding hydrogens is 306 g/mol. The summed E-state index contributed by atoms with van der Waals surface area (Å²) < 4.78 is 0. The molecule has 4 bridgehead atoms. The van der Waals surface area contributed by atoms with Crippen LogP contribution in [0.1, 0.15) is 75.7 Å². The van der Waals surface area contributed by atoms with E-state index in [9.17, 15) is 5.11 Å². The normalized spacial score (nSPS) is 46.1. The molecule has 0 radical (unpaired) electrons. The Kier molecular flexibility index (Phi) is 4.17. The van der Waals surface area contributed by atoms with Crippen molar-refractivity contribution in [1.82, 2.24) is 5.32 Å². The van der Waals surface area contributed by atoms with E-state index in [-0.39, 0.29) is 6.10 Å². The van der Waals surface area contributed by atoms with Gasteiger partial charge in [0, 0.05) is 11.6 Å². The molecule has 1 aromatic carbocycles. The van der Waals surface area contributed by atoms with Gasteiger partial charge >= 0.3 is 0 Å². The third-order valence-electron chi connectivity index (χ3n) is 7.85. The van der Waals surface area contributed by atoms with Crippen LogP contribution in [0.5, 0.6) is 0 Å². The lowest BCUT2D eigenvalue weighted by Crippen LogP contribution is -2.56. The SMILES string of the molecule is OC1CC(NC23CCC4CC(C[C@H](C4)C2)C3)CC(c2ccccc2)C1. The molecule has 5 saturated carbocycles. The number of rotatable bonds is 3. The summed E-state index contributed by atoms with van der Waals surface area (Å²) >= 11 is 0. The zero-order valence-corrected chi connectivity index (χ0v) is 15.4. The first kappa shape index (κ1) is 16.3. The van der Waals surface area contributed by atoms with Gasteiger partial charge in [-0.15, -0.1) is 0 Å². The van der Waals surface area contributed by atoms with Crippen LogP contribution in [-0.4, -0.2) is 22.8 Å². The molecule has 0 aromatic heterocycles. The Morgan fingerprint density at radius 2 is 1.56 bits per heavy atom. The summed E-state index contributed by atoms with van der Waals surface area (Å²) in [5.74, 6) is 3.48. The smallest absolute Gasteiger partial charge is 0.0561 e. The van der Waals surface area contributed by atoms with Crippen LogP contribution in [0.2, 0.25) is 0 Å². The molecule has 1 aromatic rings. The molecule has 0 heterocycles. The number of aliphatic hydroxyl groups is 1. The van der Waals surface area contributed by atoms with E-state index in [0.717, 1.165) is 30.6 Å². The van der Waals surface area contributed by atoms with Crippen LogP contribution in [0.4, 0.5) is 0 Å². The molecule has 6 rings (SSSR count). The summed E-state index contributed by atoms with van der Waals surface area (Å²) in [4.78, 5) is 0. The molecule has 7 atom stereocenters. The van der Waals surface area contributed by atoms with Gasteiger partial charge in [-0.3, -0.25) is 0 Å². The van der Waals surface area contributed by atoms with Crippen molar-refractivity contribution in [2.75, 3.05) is 0 Å². The Morgan fingerprint density at radius 3 is 2.32 bits per heavy atom. The fourth-order valence-corrected chi connectivity index (χ4v) is 7.17. The van der Waals surface area contributed by atoms with Gasteiger partial charge in [0.1, 0.15) is 0 Å². The van der Waals surface area contributed by atoms with Gasteiger partial charge in [0.2, 0.25) is 0 Å². The zero-order chi connectivity index (χ0) is 16.9. The van der Waals surface area contributed by atoms with Crippen molar-refractivity contribution in [2.45, 2.75) is 87.8 Å². The third kappa shape index (κ3) is 3.28. The Bertz CT molecular complexity index is 585. The predicted molar refractivity (Wildman–Crippen MR) is 101 cm³/mol. The summed E-state index contributed by atoms with van der Waals surface area (Å²) in [7, 11) is 0. The van der Waals surface area contributed by atoms with E-state index in [0.29, 0.717) is 17.5 Å². The third-order valence-corrected chi connectivity index (χ3v) is 7.85. The molecule has 0 spiro atoms. The van der Waals surface area contributed by atoms with Crippen molar-refractivity contribution in [3.8, 4) is 0 Å². The fourth-order valence-electron chi connectivity index (χ4n) is 7.17. The van der Waals surface area contributed by atoms with Crippen LogP contribution in [-0.2, 0) is 0 Å². The van der Waals surface area contributed by atoms with Gasteiger partial charge in [-0.25, -0.2) is 0 Å². The van der Waals surface area contributed by atoms with E-state index < -0.39 is 0 Å². The highest BCUT2D eigenvalue weighted by atomic mass is 16.3. The number of hydrogen-bond acceptors (Lipinski definition) is 2. The molecule has 5 aliphatic carbocycles. The van der Waals surface area contributed by atoms with Crippen molar-refractivity contribution in [1.29, 1.82) is 0 Å². The van der Waals surface area contributed by atoms with Crippen LogP contribution in [0, 0.1) is 17.8 Å². The van der Waals surface area contributed by atoms with Crippen LogP contribution >= 0.6 is 0 Å². The average molecular weight is 340 g/mol. The van der Waals surface area contributed by atoms with Gasteiger partial charge in [-0.05, 0) is 93.4 Å². The maximum absolute atomic E-state index is 10.5. The van der Waals surface area contributed by atoms with Gasteiger partial charge in [-0.1, -0.05) is 30.3 Å². The van der Waals surface area contributed by atoms with Gasteiger partial charge in [0.25, 0.3) is 0 Å². The highest BCUT2D eigenvalue weighted by Gasteiger charge is 2.48. The van der Waals surface area contributed by atoms with Gasteiger partial charge < -0.3 is 10.4 Å². The fraction of sp³-hybridized carbons (Fsp3) is 0.739. The van der Waals surface area contributed by atoms with E-state index in [2.05, 4.69) is 35.6 Å². The minimum atomic E-state index is -0.147. The lowest BCUT2D eigenvalue weighted by Gasteiger charge is -2.48. The van der Waals surface area contributed by atoms with Crippen LogP contribution in [0.3, 0.4) is 0 Å². The minimum absolute atomic E-state index is 0.147. The molecule has 2 heteroatoms. The molecule has 5 fully saturated rings. The number of hydrogen-bond donors (Lipinski definition) is 2. The van der Waals surface area contributed by atoms with Crippen LogP contribution in [0.15, 0.2) is 30.3 Å². The number of fused-ring (bicyclic) bond motifs is 1. The summed E-state index contributed by atoms with van der Waals surface area (Å²) in [6.07, 6.45) is 13.1. The minimum Gasteiger partial charge on any atom is -0.393 e. The first-order valence-corrected chi connectivity index (χ1v) is 10.7. The monoisotopic (exact) mass is 339 g/mol. The molecular formula is C23H33NO. The topological polar surface area (TPSA) is 32.3 Å². The van der Waals surface area contributed by atoms with Crippen LogP contribution < -0.4 is 5.32 Å². The second-order valence-corrected chi connectivity index (χ2v) is 9.84. The average Bonchev–Trinajstić information content (AvgIpc) is 2.79. The molecule has 136 valence electrons. The largest absolute Gasteiger partial charge is 0.393 e. The van der Waals surface area contributed by atoms with E-state index >= 15 is 0 Å². The molecule has 0 aliphatic heterocycles. The highest BCUT2D eigenvalue weighted by Crippen LogP contribution is 2.53. The zero-order valence-electron chi connectivity index (χ0n) is 15.4. The standard InChI is InChI=1S/C23H33NO/c25-22-12-20(19-4-2-1-3-5-19)11-21(13-22)24-23-7-6-16-8-17(14-23)10-18(9-16)15-23/h1-5,16-18,20-22,24-25H,6-15H2/t16?,17-,18?,20?,21?,22?,23?/m0/s1. The Hall–Kier alpha value is -0.860. The number of nitrogens with one attached hydrogen (secondary N) is 1. The lowest BCUT2D eigenvalue weighted by atomic mass is 9.64. The highest BCUT2D eigenvalue weighted by molar-refractivity contribution is 5.21. The molecule has 0 amide bonds. The Morgan fingerprint density at radius 1 is 0.840 bits per heavy atom. The van der Waals surface area contributed by atoms with Crippen molar-refractivity contribution in [3.63, 3.8) is 0 Å².